The number of piperidine rings is 3. The van der Waals surface area contributed by atoms with E-state index >= 15 is 0 Å². The van der Waals surface area contributed by atoms with Gasteiger partial charge in [0.05, 0.1) is 5.56 Å². The summed E-state index contributed by atoms with van der Waals surface area (Å²) in [5.74, 6) is 0.986. The Balaban J connectivity index is 1.44. The van der Waals surface area contributed by atoms with E-state index in [0.717, 1.165) is 38.0 Å². The van der Waals surface area contributed by atoms with Crippen LogP contribution in [0.5, 0.6) is 0 Å². The van der Waals surface area contributed by atoms with Gasteiger partial charge in [0.15, 0.2) is 5.58 Å². The molecular weight excluding hydrogens is 362 g/mol. The number of halogens is 1. The van der Waals surface area contributed by atoms with Crippen molar-refractivity contribution in [3.8, 4) is 11.5 Å². The van der Waals surface area contributed by atoms with Gasteiger partial charge in [-0.3, -0.25) is 4.79 Å². The molecule has 0 spiro atoms. The summed E-state index contributed by atoms with van der Waals surface area (Å²) in [7, 11) is 0. The Bertz CT molecular complexity index is 990. The number of carbonyl (C=O) groups excluding carboxylic acids is 1. The highest BCUT2D eigenvalue weighted by atomic mass is 35.5. The second-order valence-electron chi connectivity index (χ2n) is 7.40. The number of oxazole rings is 1. The Morgan fingerprint density at radius 1 is 1.15 bits per heavy atom. The Labute approximate surface area is 162 Å². The number of rotatable bonds is 3. The monoisotopic (exact) mass is 381 g/mol. The van der Waals surface area contributed by atoms with Crippen molar-refractivity contribution in [1.82, 2.24) is 15.2 Å². The largest absolute Gasteiger partial charge is 0.435 e. The number of hydrogen-bond acceptors (Lipinski definition) is 4. The van der Waals surface area contributed by atoms with Crippen molar-refractivity contribution in [3.05, 3.63) is 53.1 Å². The fourth-order valence-corrected chi connectivity index (χ4v) is 4.34. The average molecular weight is 382 g/mol. The Kier molecular flexibility index (Phi) is 4.14. The molecule has 3 aliphatic heterocycles. The molecule has 4 heterocycles. The van der Waals surface area contributed by atoms with E-state index in [2.05, 4.69) is 15.2 Å². The van der Waals surface area contributed by atoms with Crippen LogP contribution in [0.15, 0.2) is 46.9 Å². The molecule has 0 radical (unpaired) electrons. The molecule has 27 heavy (non-hydrogen) atoms. The molecule has 5 nitrogen and oxygen atoms in total. The molecule has 138 valence electrons. The summed E-state index contributed by atoms with van der Waals surface area (Å²) >= 11 is 5.96. The van der Waals surface area contributed by atoms with Crippen LogP contribution in [0.3, 0.4) is 0 Å². The lowest BCUT2D eigenvalue weighted by atomic mass is 9.84. The number of nitrogens with one attached hydrogen (secondary N) is 1. The van der Waals surface area contributed by atoms with Gasteiger partial charge in [-0.2, -0.15) is 0 Å². The van der Waals surface area contributed by atoms with E-state index in [1.165, 1.54) is 0 Å². The summed E-state index contributed by atoms with van der Waals surface area (Å²) in [6, 6.07) is 13.1. The molecule has 1 atom stereocenters. The molecule has 1 amide bonds. The van der Waals surface area contributed by atoms with Crippen molar-refractivity contribution >= 4 is 28.6 Å². The Morgan fingerprint density at radius 3 is 2.63 bits per heavy atom. The third kappa shape index (κ3) is 3.11. The number of fused-ring (bicyclic) bond motifs is 4. The number of nitrogens with zero attached hydrogens (tertiary/aromatic N) is 2. The second-order valence-corrected chi connectivity index (χ2v) is 7.83. The molecule has 2 aromatic carbocycles. The second kappa shape index (κ2) is 6.66. The van der Waals surface area contributed by atoms with E-state index in [9.17, 15) is 4.79 Å². The molecule has 2 bridgehead atoms. The fraction of sp³-hybridized carbons (Fsp3) is 0.333. The predicted octanol–water partition coefficient (Wildman–Crippen LogP) is 3.97. The first-order valence-corrected chi connectivity index (χ1v) is 9.74. The summed E-state index contributed by atoms with van der Waals surface area (Å²) in [5.41, 5.74) is 2.58. The van der Waals surface area contributed by atoms with Gasteiger partial charge in [-0.05, 0) is 68.2 Å². The van der Waals surface area contributed by atoms with E-state index in [1.54, 1.807) is 18.2 Å². The summed E-state index contributed by atoms with van der Waals surface area (Å²) in [6.07, 6.45) is 2.33. The molecule has 0 aliphatic carbocycles. The maximum atomic E-state index is 13.0. The molecule has 3 aromatic rings. The zero-order chi connectivity index (χ0) is 18.4. The van der Waals surface area contributed by atoms with E-state index in [4.69, 9.17) is 16.0 Å². The highest BCUT2D eigenvalue weighted by molar-refractivity contribution is 6.30. The summed E-state index contributed by atoms with van der Waals surface area (Å²) in [6.45, 7) is 3.25. The van der Waals surface area contributed by atoms with Crippen LogP contribution in [-0.2, 0) is 0 Å². The van der Waals surface area contributed by atoms with Gasteiger partial charge >= 0.3 is 0 Å². The lowest BCUT2D eigenvalue weighted by Crippen LogP contribution is -2.57. The van der Waals surface area contributed by atoms with E-state index in [1.807, 2.05) is 24.3 Å². The zero-order valence-corrected chi connectivity index (χ0v) is 15.6. The molecule has 6 heteroatoms. The van der Waals surface area contributed by atoms with Gasteiger partial charge in [-0.25, -0.2) is 4.98 Å². The van der Waals surface area contributed by atoms with Gasteiger partial charge in [0, 0.05) is 23.2 Å². The predicted molar refractivity (Wildman–Crippen MR) is 105 cm³/mol. The first-order chi connectivity index (χ1) is 13.2. The maximum absolute atomic E-state index is 13.0. The highest BCUT2D eigenvalue weighted by Crippen LogP contribution is 2.30. The van der Waals surface area contributed by atoms with Gasteiger partial charge in [-0.15, -0.1) is 0 Å². The fourth-order valence-electron chi connectivity index (χ4n) is 4.22. The summed E-state index contributed by atoms with van der Waals surface area (Å²) in [4.78, 5) is 19.9. The Hall–Kier alpha value is -2.37. The first kappa shape index (κ1) is 16.8. The van der Waals surface area contributed by atoms with Gasteiger partial charge in [0.1, 0.15) is 5.52 Å². The summed E-state index contributed by atoms with van der Waals surface area (Å²) < 4.78 is 5.97. The first-order valence-electron chi connectivity index (χ1n) is 9.36. The standard InChI is InChI=1S/C21H20ClN3O2/c22-15-6-4-14(5-7-15)21-24-17-3-1-2-16(19(17)27-21)20(26)23-18-12-25-10-8-13(18)9-11-25/h1-7,13,18H,8-12H2,(H,23,26)/t18-/m1/s1. The van der Waals surface area contributed by atoms with Crippen molar-refractivity contribution in [2.24, 2.45) is 5.92 Å². The minimum absolute atomic E-state index is 0.0850. The van der Waals surface area contributed by atoms with Crippen molar-refractivity contribution in [2.75, 3.05) is 19.6 Å². The molecule has 3 saturated heterocycles. The molecule has 3 fully saturated rings. The number of benzene rings is 2. The number of para-hydroxylation sites is 1. The van der Waals surface area contributed by atoms with Crippen LogP contribution in [0.1, 0.15) is 23.2 Å². The zero-order valence-electron chi connectivity index (χ0n) is 14.8. The molecule has 0 unspecified atom stereocenters. The van der Waals surface area contributed by atoms with Crippen LogP contribution in [-0.4, -0.2) is 41.5 Å². The molecule has 1 aromatic heterocycles. The average Bonchev–Trinajstić information content (AvgIpc) is 3.13. The minimum atomic E-state index is -0.0850. The lowest BCUT2D eigenvalue weighted by molar-refractivity contribution is 0.0621. The normalized spacial score (nSPS) is 24.3. The molecular formula is C21H20ClN3O2. The Morgan fingerprint density at radius 2 is 1.93 bits per heavy atom. The minimum Gasteiger partial charge on any atom is -0.435 e. The number of aromatic nitrogens is 1. The molecule has 0 saturated carbocycles. The van der Waals surface area contributed by atoms with Crippen LogP contribution in [0.25, 0.3) is 22.6 Å². The van der Waals surface area contributed by atoms with Gasteiger partial charge in [-0.1, -0.05) is 17.7 Å². The van der Waals surface area contributed by atoms with Crippen LogP contribution in [0, 0.1) is 5.92 Å². The third-order valence-corrected chi connectivity index (χ3v) is 5.98. The van der Waals surface area contributed by atoms with Crippen molar-refractivity contribution < 1.29 is 9.21 Å². The van der Waals surface area contributed by atoms with Crippen LogP contribution < -0.4 is 5.32 Å². The van der Waals surface area contributed by atoms with Crippen molar-refractivity contribution in [2.45, 2.75) is 18.9 Å². The molecule has 6 rings (SSSR count). The lowest BCUT2D eigenvalue weighted by Gasteiger charge is -2.44. The number of amides is 1. The topological polar surface area (TPSA) is 58.4 Å². The van der Waals surface area contributed by atoms with E-state index in [-0.39, 0.29) is 11.9 Å². The van der Waals surface area contributed by atoms with Crippen LogP contribution >= 0.6 is 11.6 Å². The van der Waals surface area contributed by atoms with Crippen molar-refractivity contribution in [1.29, 1.82) is 0 Å². The molecule has 3 aliphatic rings. The smallest absolute Gasteiger partial charge is 0.255 e. The third-order valence-electron chi connectivity index (χ3n) is 5.72. The highest BCUT2D eigenvalue weighted by Gasteiger charge is 2.35. The van der Waals surface area contributed by atoms with Gasteiger partial charge in [0.2, 0.25) is 5.89 Å². The quantitative estimate of drug-likeness (QED) is 0.745. The molecule has 1 N–H and O–H groups in total. The number of carbonyl (C=O) groups is 1. The van der Waals surface area contributed by atoms with E-state index in [0.29, 0.717) is 33.5 Å². The SMILES string of the molecule is O=C(N[C@@H]1CN2CCC1CC2)c1cccc2nc(-c3ccc(Cl)cc3)oc12. The van der Waals surface area contributed by atoms with Crippen molar-refractivity contribution in [3.63, 3.8) is 0 Å². The number of hydrogen-bond donors (Lipinski definition) is 1. The van der Waals surface area contributed by atoms with Gasteiger partial charge in [0.25, 0.3) is 5.91 Å². The van der Waals surface area contributed by atoms with Gasteiger partial charge < -0.3 is 14.6 Å². The summed E-state index contributed by atoms with van der Waals surface area (Å²) in [5, 5.41) is 3.89. The van der Waals surface area contributed by atoms with Crippen LogP contribution in [0.4, 0.5) is 0 Å². The van der Waals surface area contributed by atoms with Crippen LogP contribution in [0.2, 0.25) is 5.02 Å². The maximum Gasteiger partial charge on any atom is 0.255 e. The van der Waals surface area contributed by atoms with E-state index < -0.39 is 0 Å².